The Morgan fingerprint density at radius 1 is 1.00 bits per heavy atom. The van der Waals surface area contributed by atoms with E-state index in [0.29, 0.717) is 16.5 Å². The first-order chi connectivity index (χ1) is 10.2. The van der Waals surface area contributed by atoms with Crippen molar-refractivity contribution < 1.29 is 2.85 Å². The predicted molar refractivity (Wildman–Crippen MR) is 98.0 cm³/mol. The highest BCUT2D eigenvalue weighted by Crippen LogP contribution is 2.16. The fraction of sp³-hybridized carbons (Fsp3) is 0.278. The smallest absolute Gasteiger partial charge is 0.197 e. The van der Waals surface area contributed by atoms with E-state index in [1.54, 1.807) is 12.1 Å². The Morgan fingerprint density at radius 2 is 1.57 bits per heavy atom. The first kappa shape index (κ1) is 16.8. The van der Waals surface area contributed by atoms with Gasteiger partial charge in [-0.15, -0.1) is 0 Å². The standard InChI is InChI=1S/C13H10N2O.C3H8.C2H6.2H2/c14-8-5-6-12-10(7-8)13(16)9-3-1-2-4-11(9)15-12;1-3-2;1-2;;/h1-7H,14H2,(H,15,16);3H2,1-2H3;1-2H3;2*1H. The predicted octanol–water partition coefficient (Wildman–Crippen LogP) is 5.20. The van der Waals surface area contributed by atoms with Crippen LogP contribution < -0.4 is 11.2 Å². The summed E-state index contributed by atoms with van der Waals surface area (Å²) in [4.78, 5) is 15.4. The summed E-state index contributed by atoms with van der Waals surface area (Å²) in [6.07, 6.45) is 1.25. The van der Waals surface area contributed by atoms with E-state index in [2.05, 4.69) is 18.8 Å². The van der Waals surface area contributed by atoms with Crippen LogP contribution in [0.15, 0.2) is 47.3 Å². The van der Waals surface area contributed by atoms with Gasteiger partial charge in [0.15, 0.2) is 5.43 Å². The van der Waals surface area contributed by atoms with Crippen LogP contribution in [-0.2, 0) is 0 Å². The molecule has 1 aromatic heterocycles. The number of hydrogen-bond acceptors (Lipinski definition) is 2. The van der Waals surface area contributed by atoms with Crippen LogP contribution in [0.4, 0.5) is 5.69 Å². The lowest BCUT2D eigenvalue weighted by atomic mass is 10.1. The van der Waals surface area contributed by atoms with Gasteiger partial charge in [0.05, 0.1) is 0 Å². The number of rotatable bonds is 0. The molecule has 0 aliphatic heterocycles. The molecule has 0 fully saturated rings. The zero-order chi connectivity index (χ0) is 15.8. The van der Waals surface area contributed by atoms with E-state index in [1.807, 2.05) is 44.2 Å². The first-order valence-corrected chi connectivity index (χ1v) is 7.47. The van der Waals surface area contributed by atoms with Crippen LogP contribution in [0.25, 0.3) is 21.8 Å². The third-order valence-corrected chi connectivity index (χ3v) is 2.73. The van der Waals surface area contributed by atoms with Crippen molar-refractivity contribution in [3.05, 3.63) is 52.7 Å². The maximum absolute atomic E-state index is 12.2. The minimum Gasteiger partial charge on any atom is -0.399 e. The molecule has 0 amide bonds. The number of aromatic nitrogens is 1. The molecule has 0 bridgehead atoms. The number of nitrogens with one attached hydrogen (secondary N) is 1. The Morgan fingerprint density at radius 3 is 2.24 bits per heavy atom. The second-order valence-electron chi connectivity index (χ2n) is 4.51. The van der Waals surface area contributed by atoms with Gasteiger partial charge in [-0.2, -0.15) is 0 Å². The van der Waals surface area contributed by atoms with Gasteiger partial charge in [0, 0.05) is 30.3 Å². The molecule has 116 valence electrons. The summed E-state index contributed by atoms with van der Waals surface area (Å²) in [5.74, 6) is 0. The zero-order valence-electron chi connectivity index (χ0n) is 13.2. The van der Waals surface area contributed by atoms with Crippen molar-refractivity contribution in [3.8, 4) is 0 Å². The first-order valence-electron chi connectivity index (χ1n) is 7.47. The van der Waals surface area contributed by atoms with Crippen LogP contribution in [0.1, 0.15) is 37.0 Å². The number of fused-ring (bicyclic) bond motifs is 2. The lowest BCUT2D eigenvalue weighted by molar-refractivity contribution is 1.09. The van der Waals surface area contributed by atoms with Crippen LogP contribution in [0, 0.1) is 0 Å². The van der Waals surface area contributed by atoms with E-state index in [-0.39, 0.29) is 8.28 Å². The van der Waals surface area contributed by atoms with Gasteiger partial charge in [0.1, 0.15) is 0 Å². The Hall–Kier alpha value is -2.29. The largest absolute Gasteiger partial charge is 0.399 e. The molecule has 21 heavy (non-hydrogen) atoms. The van der Waals surface area contributed by atoms with Gasteiger partial charge < -0.3 is 10.7 Å². The van der Waals surface area contributed by atoms with E-state index in [9.17, 15) is 4.79 Å². The molecular weight excluding hydrogens is 260 g/mol. The van der Waals surface area contributed by atoms with Crippen molar-refractivity contribution in [3.63, 3.8) is 0 Å². The molecule has 0 unspecified atom stereocenters. The molecule has 0 atom stereocenters. The van der Waals surface area contributed by atoms with Crippen LogP contribution in [-0.4, -0.2) is 4.98 Å². The van der Waals surface area contributed by atoms with E-state index in [4.69, 9.17) is 5.73 Å². The quantitative estimate of drug-likeness (QED) is 0.441. The Bertz CT molecular complexity index is 770. The summed E-state index contributed by atoms with van der Waals surface area (Å²) in [5, 5.41) is 1.33. The van der Waals surface area contributed by atoms with E-state index in [1.165, 1.54) is 6.42 Å². The number of H-pyrrole nitrogens is 1. The second kappa shape index (κ2) is 8.10. The lowest BCUT2D eigenvalue weighted by Gasteiger charge is -2.02. The van der Waals surface area contributed by atoms with Crippen molar-refractivity contribution in [1.29, 1.82) is 0 Å². The topological polar surface area (TPSA) is 58.9 Å². The van der Waals surface area contributed by atoms with Gasteiger partial charge in [-0.25, -0.2) is 0 Å². The average Bonchev–Trinajstić information content (AvgIpc) is 2.51. The maximum atomic E-state index is 12.2. The number of aromatic amines is 1. The molecule has 3 aromatic rings. The summed E-state index contributed by atoms with van der Waals surface area (Å²) in [5.41, 5.74) is 7.98. The van der Waals surface area contributed by atoms with Crippen LogP contribution >= 0.6 is 0 Å². The zero-order valence-corrected chi connectivity index (χ0v) is 13.2. The number of nitrogen functional groups attached to an aromatic ring is 1. The van der Waals surface area contributed by atoms with E-state index in [0.717, 1.165) is 11.0 Å². The third-order valence-electron chi connectivity index (χ3n) is 2.73. The van der Waals surface area contributed by atoms with Crippen LogP contribution in [0.2, 0.25) is 0 Å². The molecule has 1 heterocycles. The molecule has 3 rings (SSSR count). The Labute approximate surface area is 128 Å². The molecular formula is C18H28N2O. The third kappa shape index (κ3) is 3.85. The number of para-hydroxylation sites is 1. The van der Waals surface area contributed by atoms with Crippen molar-refractivity contribution in [2.24, 2.45) is 0 Å². The minimum absolute atomic E-state index is 0. The number of pyridine rings is 1. The maximum Gasteiger partial charge on any atom is 0.197 e. The molecule has 0 saturated carbocycles. The van der Waals surface area contributed by atoms with Crippen molar-refractivity contribution in [2.75, 3.05) is 5.73 Å². The Kier molecular flexibility index (Phi) is 6.47. The van der Waals surface area contributed by atoms with Crippen molar-refractivity contribution in [1.82, 2.24) is 4.98 Å². The summed E-state index contributed by atoms with van der Waals surface area (Å²) >= 11 is 0. The van der Waals surface area contributed by atoms with E-state index >= 15 is 0 Å². The van der Waals surface area contributed by atoms with Gasteiger partial charge >= 0.3 is 0 Å². The highest BCUT2D eigenvalue weighted by Gasteiger charge is 2.04. The number of nitrogens with two attached hydrogens (primary N) is 1. The van der Waals surface area contributed by atoms with Gasteiger partial charge in [-0.3, -0.25) is 4.79 Å². The number of anilines is 1. The fourth-order valence-electron chi connectivity index (χ4n) is 1.94. The molecule has 3 nitrogen and oxygen atoms in total. The highest BCUT2D eigenvalue weighted by atomic mass is 16.1. The normalized spacial score (nSPS) is 9.52. The SMILES string of the molecule is CC.CCC.Nc1ccc2[nH]c3ccccc3c(=O)c2c1.[HH].[HH]. The number of benzene rings is 2. The van der Waals surface area contributed by atoms with Crippen molar-refractivity contribution >= 4 is 27.5 Å². The Balaban J connectivity index is 0. The molecule has 0 aliphatic rings. The molecule has 3 heteroatoms. The van der Waals surface area contributed by atoms with Crippen molar-refractivity contribution in [2.45, 2.75) is 34.1 Å². The van der Waals surface area contributed by atoms with Gasteiger partial charge in [-0.1, -0.05) is 46.2 Å². The van der Waals surface area contributed by atoms with Gasteiger partial charge in [-0.05, 0) is 30.3 Å². The molecule has 0 spiro atoms. The molecule has 2 aromatic carbocycles. The van der Waals surface area contributed by atoms with Crippen LogP contribution in [0.3, 0.4) is 0 Å². The summed E-state index contributed by atoms with van der Waals surface area (Å²) < 4.78 is 0. The summed E-state index contributed by atoms with van der Waals surface area (Å²) in [7, 11) is 0. The van der Waals surface area contributed by atoms with Gasteiger partial charge in [0.2, 0.25) is 0 Å². The fourth-order valence-corrected chi connectivity index (χ4v) is 1.94. The lowest BCUT2D eigenvalue weighted by Crippen LogP contribution is -2.04. The highest BCUT2D eigenvalue weighted by molar-refractivity contribution is 5.93. The monoisotopic (exact) mass is 288 g/mol. The second-order valence-corrected chi connectivity index (χ2v) is 4.51. The van der Waals surface area contributed by atoms with Crippen LogP contribution in [0.5, 0.6) is 0 Å². The van der Waals surface area contributed by atoms with E-state index < -0.39 is 0 Å². The summed E-state index contributed by atoms with van der Waals surface area (Å²) in [6, 6.07) is 12.8. The molecule has 0 saturated heterocycles. The minimum atomic E-state index is 0. The summed E-state index contributed by atoms with van der Waals surface area (Å²) in [6.45, 7) is 8.25. The average molecular weight is 288 g/mol. The molecule has 0 aliphatic carbocycles. The number of hydrogen-bond donors (Lipinski definition) is 2. The molecule has 3 N–H and O–H groups in total. The van der Waals surface area contributed by atoms with Gasteiger partial charge in [0.25, 0.3) is 0 Å². The molecule has 0 radical (unpaired) electrons.